The number of nitrogens with zero attached hydrogens (tertiary/aromatic N) is 2. The zero-order valence-electron chi connectivity index (χ0n) is 12.2. The van der Waals surface area contributed by atoms with Crippen LogP contribution >= 0.6 is 15.9 Å². The minimum Gasteiger partial charge on any atom is -0.314 e. The topological polar surface area (TPSA) is 57.3 Å². The number of aryl methyl sites for hydroxylation is 1. The van der Waals surface area contributed by atoms with Crippen molar-refractivity contribution in [1.29, 1.82) is 0 Å². The molecule has 0 atom stereocenters. The Kier molecular flexibility index (Phi) is 4.78. The summed E-state index contributed by atoms with van der Waals surface area (Å²) in [5, 5.41) is 6.24. The van der Waals surface area contributed by atoms with E-state index in [0.29, 0.717) is 5.82 Å². The summed E-state index contributed by atoms with van der Waals surface area (Å²) in [5.41, 5.74) is 0.410. The highest BCUT2D eigenvalue weighted by Gasteiger charge is 2.35. The van der Waals surface area contributed by atoms with Crippen LogP contribution in [0.1, 0.15) is 19.4 Å². The van der Waals surface area contributed by atoms with E-state index >= 15 is 0 Å². The lowest BCUT2D eigenvalue weighted by Crippen LogP contribution is -2.58. The summed E-state index contributed by atoms with van der Waals surface area (Å²) in [7, 11) is 0. The Labute approximate surface area is 128 Å². The van der Waals surface area contributed by atoms with Crippen LogP contribution in [0.3, 0.4) is 0 Å². The van der Waals surface area contributed by atoms with Crippen molar-refractivity contribution in [2.24, 2.45) is 0 Å². The second kappa shape index (κ2) is 6.20. The smallest absolute Gasteiger partial charge is 0.245 e. The van der Waals surface area contributed by atoms with Gasteiger partial charge in [-0.2, -0.15) is 0 Å². The lowest BCUT2D eigenvalue weighted by molar-refractivity contribution is -0.126. The molecule has 6 heteroatoms. The first-order valence-electron chi connectivity index (χ1n) is 6.80. The Morgan fingerprint density at radius 3 is 2.70 bits per heavy atom. The maximum atomic E-state index is 12.5. The summed E-state index contributed by atoms with van der Waals surface area (Å²) in [6, 6.07) is 1.94. The molecule has 0 bridgehead atoms. The number of pyridine rings is 1. The molecule has 0 aromatic carbocycles. The van der Waals surface area contributed by atoms with Crippen molar-refractivity contribution in [3.63, 3.8) is 0 Å². The average Bonchev–Trinajstić information content (AvgIpc) is 2.42. The summed E-state index contributed by atoms with van der Waals surface area (Å²) in [6.45, 7) is 9.47. The predicted molar refractivity (Wildman–Crippen MR) is 83.8 cm³/mol. The van der Waals surface area contributed by atoms with Gasteiger partial charge in [0, 0.05) is 36.8 Å². The third kappa shape index (κ3) is 3.37. The molecule has 2 N–H and O–H groups in total. The number of halogens is 1. The molecule has 2 heterocycles. The van der Waals surface area contributed by atoms with Crippen molar-refractivity contribution >= 4 is 27.7 Å². The Morgan fingerprint density at radius 1 is 1.45 bits per heavy atom. The number of carbonyl (C=O) groups excluding carboxylic acids is 1. The molecule has 0 spiro atoms. The molecular formula is C14H21BrN4O. The van der Waals surface area contributed by atoms with Crippen LogP contribution in [-0.2, 0) is 4.79 Å². The lowest BCUT2D eigenvalue weighted by Gasteiger charge is -2.39. The number of amides is 1. The quantitative estimate of drug-likeness (QED) is 0.880. The zero-order chi connectivity index (χ0) is 14.8. The number of hydrogen-bond acceptors (Lipinski definition) is 4. The van der Waals surface area contributed by atoms with Crippen molar-refractivity contribution < 1.29 is 4.79 Å². The molecule has 0 saturated carbocycles. The monoisotopic (exact) mass is 340 g/mol. The van der Waals surface area contributed by atoms with E-state index in [1.165, 1.54) is 0 Å². The minimum absolute atomic E-state index is 0.0164. The van der Waals surface area contributed by atoms with E-state index in [4.69, 9.17) is 0 Å². The SMILES string of the molecule is Cc1cc(Br)cnc1NC(=O)C(C)(C)N1CCNCC1. The Bertz CT molecular complexity index is 498. The molecule has 0 unspecified atom stereocenters. The molecule has 1 amide bonds. The molecule has 1 fully saturated rings. The molecule has 110 valence electrons. The Morgan fingerprint density at radius 2 is 2.10 bits per heavy atom. The van der Waals surface area contributed by atoms with E-state index in [1.54, 1.807) is 6.20 Å². The maximum Gasteiger partial charge on any atom is 0.245 e. The van der Waals surface area contributed by atoms with Crippen LogP contribution in [0.25, 0.3) is 0 Å². The normalized spacial score (nSPS) is 17.0. The van der Waals surface area contributed by atoms with Gasteiger partial charge < -0.3 is 10.6 Å². The van der Waals surface area contributed by atoms with Crippen molar-refractivity contribution in [2.45, 2.75) is 26.3 Å². The number of rotatable bonds is 3. The highest BCUT2D eigenvalue weighted by Crippen LogP contribution is 2.21. The molecular weight excluding hydrogens is 320 g/mol. The third-order valence-corrected chi connectivity index (χ3v) is 4.17. The number of hydrogen-bond donors (Lipinski definition) is 2. The van der Waals surface area contributed by atoms with Gasteiger partial charge >= 0.3 is 0 Å². The first-order chi connectivity index (χ1) is 9.41. The number of aromatic nitrogens is 1. The summed E-state index contributed by atoms with van der Waals surface area (Å²) >= 11 is 3.37. The van der Waals surface area contributed by atoms with Gasteiger partial charge in [0.15, 0.2) is 0 Å². The molecule has 1 aliphatic rings. The van der Waals surface area contributed by atoms with Crippen molar-refractivity contribution in [3.05, 3.63) is 22.3 Å². The summed E-state index contributed by atoms with van der Waals surface area (Å²) < 4.78 is 0.911. The first kappa shape index (κ1) is 15.4. The van der Waals surface area contributed by atoms with E-state index in [1.807, 2.05) is 26.8 Å². The van der Waals surface area contributed by atoms with Gasteiger partial charge in [-0.25, -0.2) is 4.98 Å². The van der Waals surface area contributed by atoms with Gasteiger partial charge in [0.2, 0.25) is 5.91 Å². The van der Waals surface area contributed by atoms with E-state index in [9.17, 15) is 4.79 Å². The first-order valence-corrected chi connectivity index (χ1v) is 7.60. The van der Waals surface area contributed by atoms with Crippen LogP contribution in [0.5, 0.6) is 0 Å². The second-order valence-corrected chi connectivity index (χ2v) is 6.48. The minimum atomic E-state index is -0.538. The predicted octanol–water partition coefficient (Wildman–Crippen LogP) is 1.77. The van der Waals surface area contributed by atoms with Crippen LogP contribution in [0.15, 0.2) is 16.7 Å². The fourth-order valence-corrected chi connectivity index (χ4v) is 2.75. The van der Waals surface area contributed by atoms with E-state index in [-0.39, 0.29) is 5.91 Å². The van der Waals surface area contributed by atoms with Gasteiger partial charge in [-0.15, -0.1) is 0 Å². The highest BCUT2D eigenvalue weighted by molar-refractivity contribution is 9.10. The third-order valence-electron chi connectivity index (χ3n) is 3.74. The number of carbonyl (C=O) groups is 1. The van der Waals surface area contributed by atoms with Gasteiger partial charge in [-0.3, -0.25) is 9.69 Å². The molecule has 1 aromatic heterocycles. The molecule has 1 saturated heterocycles. The van der Waals surface area contributed by atoms with Gasteiger partial charge in [0.05, 0.1) is 5.54 Å². The van der Waals surface area contributed by atoms with E-state index in [2.05, 4.69) is 36.4 Å². The van der Waals surface area contributed by atoms with Crippen LogP contribution in [0.4, 0.5) is 5.82 Å². The second-order valence-electron chi connectivity index (χ2n) is 5.57. The van der Waals surface area contributed by atoms with Crippen LogP contribution in [0, 0.1) is 6.92 Å². The standard InChI is InChI=1S/C14H21BrN4O/c1-10-8-11(15)9-17-12(10)18-13(20)14(2,3)19-6-4-16-5-7-19/h8-9,16H,4-7H2,1-3H3,(H,17,18,20). The molecule has 0 radical (unpaired) electrons. The molecule has 1 aromatic rings. The summed E-state index contributed by atoms with van der Waals surface area (Å²) in [4.78, 5) is 19.0. The number of nitrogens with one attached hydrogen (secondary N) is 2. The Hall–Kier alpha value is -0.980. The molecule has 20 heavy (non-hydrogen) atoms. The van der Waals surface area contributed by atoms with Crippen molar-refractivity contribution in [2.75, 3.05) is 31.5 Å². The fraction of sp³-hybridized carbons (Fsp3) is 0.571. The number of piperazine rings is 1. The highest BCUT2D eigenvalue weighted by atomic mass is 79.9. The van der Waals surface area contributed by atoms with Gasteiger partial charge in [0.25, 0.3) is 0 Å². The van der Waals surface area contributed by atoms with Gasteiger partial charge in [0.1, 0.15) is 5.82 Å². The largest absolute Gasteiger partial charge is 0.314 e. The van der Waals surface area contributed by atoms with Crippen LogP contribution in [-0.4, -0.2) is 47.5 Å². The fourth-order valence-electron chi connectivity index (χ4n) is 2.30. The molecule has 5 nitrogen and oxygen atoms in total. The van der Waals surface area contributed by atoms with Crippen LogP contribution in [0.2, 0.25) is 0 Å². The zero-order valence-corrected chi connectivity index (χ0v) is 13.7. The summed E-state index contributed by atoms with van der Waals surface area (Å²) in [6.07, 6.45) is 1.69. The maximum absolute atomic E-state index is 12.5. The van der Waals surface area contributed by atoms with Crippen molar-refractivity contribution in [3.8, 4) is 0 Å². The molecule has 0 aliphatic carbocycles. The average molecular weight is 341 g/mol. The molecule has 2 rings (SSSR count). The van der Waals surface area contributed by atoms with E-state index < -0.39 is 5.54 Å². The Balaban J connectivity index is 2.09. The van der Waals surface area contributed by atoms with Gasteiger partial charge in [-0.1, -0.05) is 0 Å². The van der Waals surface area contributed by atoms with Crippen LogP contribution < -0.4 is 10.6 Å². The molecule has 1 aliphatic heterocycles. The lowest BCUT2D eigenvalue weighted by atomic mass is 10.0. The van der Waals surface area contributed by atoms with Crippen molar-refractivity contribution in [1.82, 2.24) is 15.2 Å². The number of anilines is 1. The summed E-state index contributed by atoms with van der Waals surface area (Å²) in [5.74, 6) is 0.610. The van der Waals surface area contributed by atoms with Gasteiger partial charge in [-0.05, 0) is 48.3 Å². The van der Waals surface area contributed by atoms with E-state index in [0.717, 1.165) is 36.2 Å².